The van der Waals surface area contributed by atoms with E-state index in [1.54, 1.807) is 97.9 Å². The summed E-state index contributed by atoms with van der Waals surface area (Å²) in [4.78, 5) is 0. The van der Waals surface area contributed by atoms with E-state index in [2.05, 4.69) is 353 Å². The minimum absolute atomic E-state index is 0.475. The molecule has 0 aromatic heterocycles. The molecule has 0 nitrogen and oxygen atoms in total. The molecule has 0 aliphatic heterocycles. The first-order chi connectivity index (χ1) is 44.4. The van der Waals surface area contributed by atoms with Crippen molar-refractivity contribution in [2.75, 3.05) is 0 Å². The van der Waals surface area contributed by atoms with Gasteiger partial charge in [0, 0.05) is 0 Å². The summed E-state index contributed by atoms with van der Waals surface area (Å²) >= 11 is 5.49. The average Bonchev–Trinajstić information content (AvgIpc) is 0.748. The average molecular weight is 1480 g/mol. The van der Waals surface area contributed by atoms with E-state index in [0.717, 1.165) is 0 Å². The fraction of sp³-hybridized carbons (Fsp3) is 0.600. The summed E-state index contributed by atoms with van der Waals surface area (Å²) in [6.07, 6.45) is -2.17. The predicted octanol–water partition coefficient (Wildman–Crippen LogP) is 23.1. The van der Waals surface area contributed by atoms with Gasteiger partial charge in [-0.05, 0) is 0 Å². The van der Waals surface area contributed by atoms with Gasteiger partial charge in [0.1, 0.15) is 0 Å². The zero-order valence-electron chi connectivity index (χ0n) is 68.3. The molecule has 0 N–H and O–H groups in total. The second-order valence-electron chi connectivity index (χ2n) is 34.7. The molecule has 0 saturated heterocycles. The van der Waals surface area contributed by atoms with Crippen molar-refractivity contribution < 1.29 is 0 Å². The Bertz CT molecular complexity index is 3080. The van der Waals surface area contributed by atoms with Crippen LogP contribution in [0.1, 0.15) is 456 Å². The molecular weight excluding hydrogens is 1340 g/mol. The molecule has 6 aromatic rings. The summed E-state index contributed by atoms with van der Waals surface area (Å²) in [7, 11) is -2.50. The van der Waals surface area contributed by atoms with Gasteiger partial charge < -0.3 is 0 Å². The van der Waals surface area contributed by atoms with Crippen molar-refractivity contribution in [3.05, 3.63) is 173 Å². The van der Waals surface area contributed by atoms with Gasteiger partial charge in [0.2, 0.25) is 0 Å². The Kier molecular flexibility index (Phi) is 31.0. The van der Waals surface area contributed by atoms with Crippen molar-refractivity contribution in [2.45, 2.75) is 356 Å². The topological polar surface area (TPSA) is 0 Å². The van der Waals surface area contributed by atoms with Crippen LogP contribution in [0.15, 0.2) is 72.8 Å². The Morgan fingerprint density at radius 3 is 0.333 bits per heavy atom. The molecule has 0 bridgehead atoms. The number of benzene rings is 6. The van der Waals surface area contributed by atoms with E-state index >= 15 is 0 Å². The van der Waals surface area contributed by atoms with Gasteiger partial charge in [0.05, 0.1) is 0 Å². The first kappa shape index (κ1) is 83.9. The van der Waals surface area contributed by atoms with Crippen molar-refractivity contribution in [2.24, 2.45) is 0 Å². The molecule has 0 heterocycles. The summed E-state index contributed by atoms with van der Waals surface area (Å²) in [6.45, 7) is 87.4. The third kappa shape index (κ3) is 19.1. The van der Waals surface area contributed by atoms with Gasteiger partial charge >= 0.3 is 620 Å². The minimum atomic E-state index is -1.25. The monoisotopic (exact) mass is 1480 g/mol. The van der Waals surface area contributed by atoms with Crippen LogP contribution >= 0.6 is 0 Å². The quantitative estimate of drug-likeness (QED) is 0.0475. The van der Waals surface area contributed by atoms with Gasteiger partial charge in [-0.3, -0.25) is 0 Å². The van der Waals surface area contributed by atoms with E-state index < -0.39 is 29.4 Å². The molecule has 0 aliphatic rings. The van der Waals surface area contributed by atoms with E-state index in [4.69, 9.17) is 0 Å². The molecule has 6 aromatic carbocycles. The Labute approximate surface area is 615 Å². The second-order valence-corrected chi connectivity index (χ2v) is 59.3. The third-order valence-corrected chi connectivity index (χ3v) is 48.3. The van der Waals surface area contributed by atoms with Gasteiger partial charge in [0.25, 0.3) is 0 Å². The first-order valence-electron chi connectivity index (χ1n) is 38.4. The van der Waals surface area contributed by atoms with Crippen LogP contribution in [0.3, 0.4) is 0 Å². The Balaban J connectivity index is 0.000000347. The van der Waals surface area contributed by atoms with Crippen LogP contribution in [0.25, 0.3) is 0 Å². The maximum absolute atomic E-state index is 2.75. The molecule has 522 valence electrons. The first-order valence-corrected chi connectivity index (χ1v) is 52.7. The standard InChI is InChI=1S/2C45H69GeSi2/c2*1-25(2)34-19-37(28(7)8)43(38(20-34)29(9)10)47(44-39(30(11)12)21-35(26(3)4)22-40(44)31(13)14)48(46)45-41(32(15)16)23-36(27(5)6)24-42(45)33(17)18/h2*19-33H,1-18H3. The predicted molar refractivity (Wildman–Crippen MR) is 445 cm³/mol. The zero-order valence-corrected chi connectivity index (χ0v) is 76.5. The molecule has 0 fully saturated rings. The van der Waals surface area contributed by atoms with Crippen LogP contribution in [-0.4, -0.2) is 60.1 Å². The molecule has 0 spiro atoms. The van der Waals surface area contributed by atoms with Crippen LogP contribution < -0.4 is 31.1 Å². The van der Waals surface area contributed by atoms with Crippen LogP contribution in [0.4, 0.5) is 0 Å². The van der Waals surface area contributed by atoms with Crippen molar-refractivity contribution in [1.29, 1.82) is 0 Å². The van der Waals surface area contributed by atoms with Crippen LogP contribution in [0.5, 0.6) is 0 Å². The number of hydrogen-bond acceptors (Lipinski definition) is 0. The summed E-state index contributed by atoms with van der Waals surface area (Å²) in [5, 5.41) is 10.5. The molecule has 96 heavy (non-hydrogen) atoms. The summed E-state index contributed by atoms with van der Waals surface area (Å²) in [6, 6.07) is 31.6. The Hall–Kier alpha value is -2.73. The fourth-order valence-corrected chi connectivity index (χ4v) is 47.0. The molecule has 6 rings (SSSR count). The van der Waals surface area contributed by atoms with Crippen molar-refractivity contribution in [3.8, 4) is 0 Å². The van der Waals surface area contributed by atoms with E-state index in [0.29, 0.717) is 107 Å². The summed E-state index contributed by atoms with van der Waals surface area (Å²) in [5.74, 6) is 8.90. The number of rotatable bonds is 26. The Morgan fingerprint density at radius 1 is 0.156 bits per heavy atom. The SMILES string of the molecule is CC(C)c1cc(C(C)C)c([Si](c2c(C(C)C)cc(C(C)C)cc2C(C)C)[Si](=[Ge])c2c(C(C)C)cc(C(C)C)cc2C(C)C)c(C(C)C)c1.CC(C)c1cc(C(C)C)c([Si](c2c(C(C)C)cc(C(C)C)cc2C(C)C)[Si](=[Ge])c2c(C(C)C)cc(C(C)C)cc2C(C)C)c(C(C)C)c1. The zero-order chi connectivity index (χ0) is 73.0. The molecule has 6 radical (unpaired) electrons. The molecule has 0 unspecified atom stereocenters. The van der Waals surface area contributed by atoms with Crippen LogP contribution in [0.2, 0.25) is 0 Å². The molecule has 0 atom stereocenters. The van der Waals surface area contributed by atoms with Gasteiger partial charge in [-0.25, -0.2) is 0 Å². The summed E-state index contributed by atoms with van der Waals surface area (Å²) < 4.78 is 0. The van der Waals surface area contributed by atoms with Crippen LogP contribution in [0, 0.1) is 0 Å². The van der Waals surface area contributed by atoms with E-state index in [1.807, 2.05) is 0 Å². The van der Waals surface area contributed by atoms with Crippen molar-refractivity contribution in [1.82, 2.24) is 0 Å². The number of hydrogen-bond donors (Lipinski definition) is 0. The normalized spacial score (nSPS) is 12.7. The van der Waals surface area contributed by atoms with Gasteiger partial charge in [0.15, 0.2) is 0 Å². The Morgan fingerprint density at radius 2 is 0.250 bits per heavy atom. The molecule has 0 amide bonds. The summed E-state index contributed by atoms with van der Waals surface area (Å²) in [5.41, 5.74) is 28.5. The molecule has 0 aliphatic carbocycles. The van der Waals surface area contributed by atoms with E-state index in [9.17, 15) is 0 Å². The molecular formula is C90H138Ge2Si4. The third-order valence-electron chi connectivity index (χ3n) is 20.8. The maximum atomic E-state index is 2.75. The van der Waals surface area contributed by atoms with Crippen molar-refractivity contribution in [3.63, 3.8) is 0 Å². The van der Waals surface area contributed by atoms with Crippen molar-refractivity contribution >= 4 is 91.2 Å². The van der Waals surface area contributed by atoms with E-state index in [-0.39, 0.29) is 0 Å². The van der Waals surface area contributed by atoms with Crippen LogP contribution in [-0.2, 0) is 0 Å². The van der Waals surface area contributed by atoms with Gasteiger partial charge in [-0.1, -0.05) is 0 Å². The van der Waals surface area contributed by atoms with Gasteiger partial charge in [-0.2, -0.15) is 0 Å². The van der Waals surface area contributed by atoms with Gasteiger partial charge in [-0.15, -0.1) is 0 Å². The fourth-order valence-electron chi connectivity index (χ4n) is 14.5. The second kappa shape index (κ2) is 35.4. The molecule has 0 saturated carbocycles. The van der Waals surface area contributed by atoms with E-state index in [1.165, 1.54) is 33.4 Å². The molecule has 6 heteroatoms.